The maximum absolute atomic E-state index is 12.3. The highest BCUT2D eigenvalue weighted by molar-refractivity contribution is 6.31. The molecular formula is C15H10ClNO5. The lowest BCUT2D eigenvalue weighted by Crippen LogP contribution is -2.23. The van der Waals surface area contributed by atoms with Gasteiger partial charge >= 0.3 is 0 Å². The Bertz CT molecular complexity index is 789. The van der Waals surface area contributed by atoms with Gasteiger partial charge in [0.15, 0.2) is 6.10 Å². The number of phenolic OH excluding ortho intramolecular Hbond substituents is 1. The number of hydrogen-bond donors (Lipinski definition) is 1. The molecule has 0 fully saturated rings. The van der Waals surface area contributed by atoms with E-state index in [-0.39, 0.29) is 23.6 Å². The number of benzene rings is 2. The molecule has 0 amide bonds. The summed E-state index contributed by atoms with van der Waals surface area (Å²) in [5.74, 6) is 0.0645. The van der Waals surface area contributed by atoms with Crippen molar-refractivity contribution in [1.82, 2.24) is 0 Å². The Balaban J connectivity index is 1.88. The molecule has 3 rings (SSSR count). The number of aromatic hydroxyl groups is 1. The van der Waals surface area contributed by atoms with Gasteiger partial charge in [0.05, 0.1) is 10.5 Å². The van der Waals surface area contributed by atoms with Gasteiger partial charge in [-0.15, -0.1) is 0 Å². The molecular weight excluding hydrogens is 310 g/mol. The second-order valence-corrected chi connectivity index (χ2v) is 5.30. The Morgan fingerprint density at radius 2 is 2.05 bits per heavy atom. The Labute approximate surface area is 130 Å². The third kappa shape index (κ3) is 2.48. The summed E-state index contributed by atoms with van der Waals surface area (Å²) in [6, 6.07) is 8.32. The summed E-state index contributed by atoms with van der Waals surface area (Å²) in [5, 5.41) is 20.6. The Kier molecular flexibility index (Phi) is 3.46. The van der Waals surface area contributed by atoms with Gasteiger partial charge in [0, 0.05) is 29.6 Å². The number of fused-ring (bicyclic) bond motifs is 1. The van der Waals surface area contributed by atoms with E-state index in [0.717, 1.165) is 0 Å². The van der Waals surface area contributed by atoms with Gasteiger partial charge in [0.2, 0.25) is 5.78 Å². The third-order valence-corrected chi connectivity index (χ3v) is 3.81. The Hall–Kier alpha value is -2.60. The van der Waals surface area contributed by atoms with E-state index in [2.05, 4.69) is 0 Å². The average Bonchev–Trinajstić information content (AvgIpc) is 2.77. The largest absolute Gasteiger partial charge is 0.508 e. The fraction of sp³-hybridized carbons (Fsp3) is 0.133. The summed E-state index contributed by atoms with van der Waals surface area (Å²) in [6.45, 7) is 0. The summed E-state index contributed by atoms with van der Waals surface area (Å²) in [7, 11) is 0. The predicted octanol–water partition coefficient (Wildman–Crippen LogP) is 3.14. The predicted molar refractivity (Wildman–Crippen MR) is 78.7 cm³/mol. The lowest BCUT2D eigenvalue weighted by atomic mass is 10.0. The molecule has 1 unspecified atom stereocenters. The Morgan fingerprint density at radius 3 is 2.77 bits per heavy atom. The molecule has 1 atom stereocenters. The maximum Gasteiger partial charge on any atom is 0.269 e. The molecule has 112 valence electrons. The maximum atomic E-state index is 12.3. The van der Waals surface area contributed by atoms with Gasteiger partial charge in [-0.1, -0.05) is 11.6 Å². The lowest BCUT2D eigenvalue weighted by Gasteiger charge is -2.10. The summed E-state index contributed by atoms with van der Waals surface area (Å²) in [6.07, 6.45) is -0.689. The number of hydrogen-bond acceptors (Lipinski definition) is 5. The van der Waals surface area contributed by atoms with Crippen LogP contribution in [0, 0.1) is 10.1 Å². The first kappa shape index (κ1) is 14.3. The van der Waals surface area contributed by atoms with E-state index >= 15 is 0 Å². The smallest absolute Gasteiger partial charge is 0.269 e. The van der Waals surface area contributed by atoms with E-state index in [1.807, 2.05) is 0 Å². The van der Waals surface area contributed by atoms with Crippen LogP contribution in [0.3, 0.4) is 0 Å². The molecule has 0 saturated carbocycles. The Morgan fingerprint density at radius 1 is 1.27 bits per heavy atom. The summed E-state index contributed by atoms with van der Waals surface area (Å²) in [4.78, 5) is 22.6. The molecule has 2 aromatic carbocycles. The highest BCUT2D eigenvalue weighted by atomic mass is 35.5. The summed E-state index contributed by atoms with van der Waals surface area (Å²) < 4.78 is 5.52. The number of ether oxygens (including phenoxy) is 1. The monoisotopic (exact) mass is 319 g/mol. The first-order valence-electron chi connectivity index (χ1n) is 6.42. The zero-order valence-corrected chi connectivity index (χ0v) is 11.9. The van der Waals surface area contributed by atoms with E-state index in [9.17, 15) is 20.0 Å². The molecule has 2 aromatic rings. The molecule has 0 aliphatic carbocycles. The van der Waals surface area contributed by atoms with E-state index in [1.165, 1.54) is 36.4 Å². The number of halogens is 1. The molecule has 1 aliphatic rings. The van der Waals surface area contributed by atoms with E-state index in [4.69, 9.17) is 16.3 Å². The topological polar surface area (TPSA) is 89.7 Å². The normalized spacial score (nSPS) is 16.2. The number of ketones is 1. The molecule has 1 N–H and O–H groups in total. The first-order chi connectivity index (χ1) is 10.5. The molecule has 22 heavy (non-hydrogen) atoms. The van der Waals surface area contributed by atoms with Crippen molar-refractivity contribution in [2.45, 2.75) is 12.5 Å². The number of nitrogens with zero attached hydrogens (tertiary/aromatic N) is 1. The number of carbonyl (C=O) groups excluding carboxylic acids is 1. The van der Waals surface area contributed by atoms with Crippen LogP contribution in [0.5, 0.6) is 11.5 Å². The van der Waals surface area contributed by atoms with Gasteiger partial charge in [0.25, 0.3) is 5.69 Å². The molecule has 0 aromatic heterocycles. The van der Waals surface area contributed by atoms with Gasteiger partial charge in [-0.25, -0.2) is 0 Å². The molecule has 0 saturated heterocycles. The van der Waals surface area contributed by atoms with Crippen LogP contribution < -0.4 is 4.74 Å². The number of carbonyl (C=O) groups is 1. The molecule has 1 heterocycles. The summed E-state index contributed by atoms with van der Waals surface area (Å²) in [5.41, 5.74) is 0.746. The van der Waals surface area contributed by atoms with Crippen LogP contribution >= 0.6 is 11.6 Å². The fourth-order valence-electron chi connectivity index (χ4n) is 2.36. The molecule has 6 nitrogen and oxygen atoms in total. The molecule has 7 heteroatoms. The SMILES string of the molecule is O=C1c2ccc(O)cc2OC1Cc1cc([N+](=O)[O-])ccc1Cl. The van der Waals surface area contributed by atoms with Crippen LogP contribution in [-0.2, 0) is 6.42 Å². The van der Waals surface area contributed by atoms with Gasteiger partial charge in [-0.3, -0.25) is 14.9 Å². The quantitative estimate of drug-likeness (QED) is 0.693. The van der Waals surface area contributed by atoms with Gasteiger partial charge in [-0.2, -0.15) is 0 Å². The van der Waals surface area contributed by atoms with E-state index in [1.54, 1.807) is 0 Å². The number of phenols is 1. The zero-order valence-electron chi connectivity index (χ0n) is 11.2. The number of rotatable bonds is 3. The van der Waals surface area contributed by atoms with Crippen LogP contribution in [0.25, 0.3) is 0 Å². The number of nitro groups is 1. The first-order valence-corrected chi connectivity index (χ1v) is 6.80. The lowest BCUT2D eigenvalue weighted by molar-refractivity contribution is -0.384. The van der Waals surface area contributed by atoms with Gasteiger partial charge in [0.1, 0.15) is 11.5 Å². The van der Waals surface area contributed by atoms with E-state index < -0.39 is 11.0 Å². The third-order valence-electron chi connectivity index (χ3n) is 3.44. The minimum Gasteiger partial charge on any atom is -0.508 e. The number of non-ortho nitro benzene ring substituents is 1. The van der Waals surface area contributed by atoms with Gasteiger partial charge < -0.3 is 9.84 Å². The van der Waals surface area contributed by atoms with Crippen LogP contribution in [0.2, 0.25) is 5.02 Å². The molecule has 0 spiro atoms. The number of nitro benzene ring substituents is 1. The second kappa shape index (κ2) is 5.31. The van der Waals surface area contributed by atoms with Crippen molar-refractivity contribution >= 4 is 23.1 Å². The second-order valence-electron chi connectivity index (χ2n) is 4.89. The van der Waals surface area contributed by atoms with Crippen LogP contribution in [0.1, 0.15) is 15.9 Å². The van der Waals surface area contributed by atoms with Crippen LogP contribution in [0.15, 0.2) is 36.4 Å². The van der Waals surface area contributed by atoms with Crippen LogP contribution in [0.4, 0.5) is 5.69 Å². The summed E-state index contributed by atoms with van der Waals surface area (Å²) >= 11 is 6.03. The number of Topliss-reactive ketones (excluding diaryl/α,β-unsaturated/α-hetero) is 1. The van der Waals surface area contributed by atoms with E-state index in [0.29, 0.717) is 21.9 Å². The van der Waals surface area contributed by atoms with Crippen molar-refractivity contribution in [3.05, 3.63) is 62.7 Å². The highest BCUT2D eigenvalue weighted by Gasteiger charge is 2.33. The van der Waals surface area contributed by atoms with Crippen molar-refractivity contribution in [2.24, 2.45) is 0 Å². The minimum absolute atomic E-state index is 0.000538. The van der Waals surface area contributed by atoms with Crippen molar-refractivity contribution in [2.75, 3.05) is 0 Å². The molecule has 1 aliphatic heterocycles. The zero-order chi connectivity index (χ0) is 15.9. The highest BCUT2D eigenvalue weighted by Crippen LogP contribution is 2.34. The fourth-order valence-corrected chi connectivity index (χ4v) is 2.55. The standard InChI is InChI=1S/C15H10ClNO5/c16-12-4-1-9(17(20)21)5-8(12)6-14-15(19)11-3-2-10(18)7-13(11)22-14/h1-5,7,14,18H,6H2. The van der Waals surface area contributed by atoms with Crippen LogP contribution in [-0.4, -0.2) is 21.9 Å². The molecule has 0 radical (unpaired) electrons. The van der Waals surface area contributed by atoms with Crippen molar-refractivity contribution in [1.29, 1.82) is 0 Å². The van der Waals surface area contributed by atoms with Crippen molar-refractivity contribution in [3.63, 3.8) is 0 Å². The minimum atomic E-state index is -0.809. The average molecular weight is 320 g/mol. The van der Waals surface area contributed by atoms with Crippen molar-refractivity contribution in [3.8, 4) is 11.5 Å². The molecule has 0 bridgehead atoms. The van der Waals surface area contributed by atoms with Crippen molar-refractivity contribution < 1.29 is 19.6 Å². The van der Waals surface area contributed by atoms with Gasteiger partial charge in [-0.05, 0) is 23.8 Å².